The van der Waals surface area contributed by atoms with Crippen molar-refractivity contribution in [3.63, 3.8) is 0 Å². The second-order valence-electron chi connectivity index (χ2n) is 15.4. The molecule has 410 valence electrons. The molecule has 3 aliphatic rings. The molecule has 0 aromatic rings. The zero-order valence-electron chi connectivity index (χ0n) is 37.8. The Balaban J connectivity index is 0.00000115. The van der Waals surface area contributed by atoms with E-state index in [1.165, 1.54) is 0 Å². The molecule has 1 saturated heterocycles. The van der Waals surface area contributed by atoms with Gasteiger partial charge in [-0.25, -0.2) is 0 Å². The van der Waals surface area contributed by atoms with Crippen LogP contribution in [-0.4, -0.2) is 218 Å². The van der Waals surface area contributed by atoms with Crippen molar-refractivity contribution < 1.29 is 162 Å². The largest absolute Gasteiger partial charge is 0.481 e. The van der Waals surface area contributed by atoms with Crippen LogP contribution in [0.1, 0.15) is 89.9 Å². The highest BCUT2D eigenvalue weighted by molar-refractivity contribution is 5.92. The number of carbonyl (C=O) groups excluding carboxylic acids is 8. The number of ether oxygens (including phenoxy) is 7. The van der Waals surface area contributed by atoms with Gasteiger partial charge in [0.05, 0.1) is 89.9 Å². The first kappa shape index (κ1) is 63.6. The Hall–Kier alpha value is -7.46. The number of aliphatic hydroxyl groups excluding tert-OH is 6. The molecule has 0 spiro atoms. The quantitative estimate of drug-likeness (QED) is 0.0244. The van der Waals surface area contributed by atoms with Crippen LogP contribution < -0.4 is 0 Å². The molecule has 0 aromatic heterocycles. The highest BCUT2D eigenvalue weighted by Crippen LogP contribution is 2.36. The minimum Gasteiger partial charge on any atom is -0.481 e. The molecule has 1 aliphatic heterocycles. The van der Waals surface area contributed by atoms with Gasteiger partial charge in [-0.05, 0) is 0 Å². The molecular weight excluding hydrogens is 1010 g/mol. The minimum atomic E-state index is -2.39. The summed E-state index contributed by atoms with van der Waals surface area (Å²) < 4.78 is 35.8. The Bertz CT molecular complexity index is 1670. The Kier molecular flexibility index (Phi) is 27.1. The van der Waals surface area contributed by atoms with E-state index in [-0.39, 0.29) is 12.8 Å². The number of rotatable bonds is 24. The molecule has 2 saturated carbocycles. The number of hydrogen-bond donors (Lipinski definition) is 12. The highest BCUT2D eigenvalue weighted by Gasteiger charge is 2.61. The number of cyclic esters (lactones) is 2. The maximum atomic E-state index is 12.9. The first-order chi connectivity index (χ1) is 33.9. The molecular formula is C40H52O33. The monoisotopic (exact) mass is 1060 g/mol. The third-order valence-corrected chi connectivity index (χ3v) is 9.67. The number of carboxylic acids is 6. The SMILES string of the molecule is O=C(O)CCC(=O)OC1C(OC(=O)CCC(=O)O)C(OC(=O)CCC(=O)O)C(OC(=O)CCC(=O)O)C(OC(=O)CCC(=O)O)C1OC(=O)CCC(=O)O.O=C1CCC(=O)O1.OC1C(O)C(O)C(O)C(O)C1O. The summed E-state index contributed by atoms with van der Waals surface area (Å²) in [4.78, 5) is 164. The van der Waals surface area contributed by atoms with Crippen LogP contribution >= 0.6 is 0 Å². The van der Waals surface area contributed by atoms with E-state index in [0.717, 1.165) is 0 Å². The van der Waals surface area contributed by atoms with Gasteiger partial charge in [0.25, 0.3) is 0 Å². The molecule has 3 rings (SSSR count). The lowest BCUT2D eigenvalue weighted by molar-refractivity contribution is -0.262. The van der Waals surface area contributed by atoms with E-state index < -0.39 is 234 Å². The van der Waals surface area contributed by atoms with Crippen LogP contribution in [-0.2, 0) is 100 Å². The highest BCUT2D eigenvalue weighted by atomic mass is 16.7. The van der Waals surface area contributed by atoms with Crippen LogP contribution in [0.3, 0.4) is 0 Å². The fourth-order valence-corrected chi connectivity index (χ4v) is 6.09. The number of carbonyl (C=O) groups is 14. The van der Waals surface area contributed by atoms with Crippen molar-refractivity contribution in [3.8, 4) is 0 Å². The van der Waals surface area contributed by atoms with Gasteiger partial charge >= 0.3 is 83.6 Å². The maximum Gasteiger partial charge on any atom is 0.314 e. The van der Waals surface area contributed by atoms with E-state index in [4.69, 9.17) is 89.7 Å². The average molecular weight is 1060 g/mol. The third-order valence-electron chi connectivity index (χ3n) is 9.67. The zero-order chi connectivity index (χ0) is 55.9. The fraction of sp³-hybridized carbons (Fsp3) is 0.650. The van der Waals surface area contributed by atoms with Gasteiger partial charge in [-0.15, -0.1) is 0 Å². The number of esters is 8. The molecule has 33 heteroatoms. The first-order valence-corrected chi connectivity index (χ1v) is 21.2. The van der Waals surface area contributed by atoms with E-state index >= 15 is 0 Å². The summed E-state index contributed by atoms with van der Waals surface area (Å²) in [7, 11) is 0. The molecule has 0 radical (unpaired) electrons. The lowest BCUT2D eigenvalue weighted by atomic mass is 9.83. The normalized spacial score (nSPS) is 26.0. The van der Waals surface area contributed by atoms with Crippen molar-refractivity contribution in [1.82, 2.24) is 0 Å². The molecule has 2 aliphatic carbocycles. The predicted octanol–water partition coefficient (Wildman–Crippen LogP) is -5.32. The summed E-state index contributed by atoms with van der Waals surface area (Å²) >= 11 is 0. The number of aliphatic hydroxyl groups is 6. The minimum absolute atomic E-state index is 0.263. The van der Waals surface area contributed by atoms with E-state index in [0.29, 0.717) is 0 Å². The Morgan fingerprint density at radius 3 is 0.534 bits per heavy atom. The molecule has 33 nitrogen and oxygen atoms in total. The molecule has 0 atom stereocenters. The van der Waals surface area contributed by atoms with Crippen LogP contribution in [0, 0.1) is 0 Å². The van der Waals surface area contributed by atoms with Crippen LogP contribution in [0.4, 0.5) is 0 Å². The Morgan fingerprint density at radius 2 is 0.438 bits per heavy atom. The number of aliphatic carboxylic acids is 6. The van der Waals surface area contributed by atoms with Crippen molar-refractivity contribution in [2.75, 3.05) is 0 Å². The van der Waals surface area contributed by atoms with Crippen molar-refractivity contribution in [1.29, 1.82) is 0 Å². The zero-order valence-corrected chi connectivity index (χ0v) is 37.8. The van der Waals surface area contributed by atoms with Gasteiger partial charge in [0.1, 0.15) is 36.6 Å². The summed E-state index contributed by atoms with van der Waals surface area (Å²) in [5.74, 6) is -18.8. The molecule has 0 aromatic carbocycles. The molecule has 0 bridgehead atoms. The molecule has 12 N–H and O–H groups in total. The fourth-order valence-electron chi connectivity index (χ4n) is 6.09. The predicted molar refractivity (Wildman–Crippen MR) is 217 cm³/mol. The van der Waals surface area contributed by atoms with Crippen LogP contribution in [0.15, 0.2) is 0 Å². The maximum absolute atomic E-state index is 12.9. The lowest BCUT2D eigenvalue weighted by Gasteiger charge is -2.47. The number of carboxylic acid groups (broad SMARTS) is 6. The molecule has 0 unspecified atom stereocenters. The van der Waals surface area contributed by atoms with Gasteiger partial charge in [0.2, 0.25) is 0 Å². The standard InChI is InChI=1S/C30H36O24.C6H12O6.C4H4O3/c31-13(32)1-7-19(43)49-25-26(50-20(44)8-2-14(33)34)28(52-22(46)10-4-16(37)38)30(54-24(48)12-6-18(41)42)29(53-23(47)11-5-17(39)40)27(25)51-21(45)9-3-15(35)36;7-1-2(8)4(10)6(12)5(11)3(1)9;5-3-1-2-4(6)7-3/h25-30H,1-12H2,(H,31,32)(H,33,34)(H,35,36)(H,37,38)(H,39,40)(H,41,42);1-12H;1-2H2. The number of hydrogen-bond acceptors (Lipinski definition) is 27. The van der Waals surface area contributed by atoms with E-state index in [9.17, 15) is 67.1 Å². The van der Waals surface area contributed by atoms with E-state index in [2.05, 4.69) is 4.74 Å². The van der Waals surface area contributed by atoms with Gasteiger partial charge in [0.15, 0.2) is 36.6 Å². The van der Waals surface area contributed by atoms with Gasteiger partial charge < -0.3 is 94.4 Å². The van der Waals surface area contributed by atoms with Crippen molar-refractivity contribution >= 4 is 83.6 Å². The average Bonchev–Trinajstić information content (AvgIpc) is 3.70. The van der Waals surface area contributed by atoms with Gasteiger partial charge in [-0.3, -0.25) is 67.1 Å². The first-order valence-electron chi connectivity index (χ1n) is 21.2. The van der Waals surface area contributed by atoms with E-state index in [1.807, 2.05) is 0 Å². The molecule has 0 amide bonds. The van der Waals surface area contributed by atoms with Crippen molar-refractivity contribution in [2.45, 2.75) is 163 Å². The van der Waals surface area contributed by atoms with Crippen molar-refractivity contribution in [2.24, 2.45) is 0 Å². The second-order valence-corrected chi connectivity index (χ2v) is 15.4. The summed E-state index contributed by atoms with van der Waals surface area (Å²) in [6.45, 7) is 0. The molecule has 73 heavy (non-hydrogen) atoms. The van der Waals surface area contributed by atoms with Crippen LogP contribution in [0.2, 0.25) is 0 Å². The smallest absolute Gasteiger partial charge is 0.314 e. The lowest BCUT2D eigenvalue weighted by Crippen LogP contribution is -2.69. The van der Waals surface area contributed by atoms with Crippen LogP contribution in [0.25, 0.3) is 0 Å². The molecule has 1 heterocycles. The molecule has 3 fully saturated rings. The Morgan fingerprint density at radius 1 is 0.301 bits per heavy atom. The second kappa shape index (κ2) is 31.1. The summed E-state index contributed by atoms with van der Waals surface area (Å²) in [6.07, 6.45) is -34.8. The summed E-state index contributed by atoms with van der Waals surface area (Å²) in [5, 5.41) is 108. The van der Waals surface area contributed by atoms with Gasteiger partial charge in [-0.1, -0.05) is 0 Å². The van der Waals surface area contributed by atoms with Gasteiger partial charge in [0, 0.05) is 0 Å². The van der Waals surface area contributed by atoms with Gasteiger partial charge in [-0.2, -0.15) is 0 Å². The van der Waals surface area contributed by atoms with E-state index in [1.54, 1.807) is 0 Å². The summed E-state index contributed by atoms with van der Waals surface area (Å²) in [5.41, 5.74) is 0. The Labute approximate surface area is 408 Å². The summed E-state index contributed by atoms with van der Waals surface area (Å²) in [6, 6.07) is 0. The van der Waals surface area contributed by atoms with Crippen molar-refractivity contribution in [3.05, 3.63) is 0 Å². The van der Waals surface area contributed by atoms with Crippen LogP contribution in [0.5, 0.6) is 0 Å². The topological polar surface area (TPSA) is 546 Å². The third kappa shape index (κ3) is 23.5.